The van der Waals surface area contributed by atoms with Gasteiger partial charge in [0.25, 0.3) is 5.69 Å². The quantitative estimate of drug-likeness (QED) is 0.643. The number of rotatable bonds is 5. The fraction of sp³-hybridized carbons (Fsp3) is 0.538. The van der Waals surface area contributed by atoms with E-state index < -0.39 is 0 Å². The second-order valence-electron chi connectivity index (χ2n) is 4.79. The van der Waals surface area contributed by atoms with Gasteiger partial charge in [-0.25, -0.2) is 0 Å². The molecule has 2 rings (SSSR count). The van der Waals surface area contributed by atoms with E-state index in [0.717, 1.165) is 12.8 Å². The molecule has 1 aromatic rings. The molecule has 0 radical (unpaired) electrons. The lowest BCUT2D eigenvalue weighted by atomic mass is 9.82. The number of nitro groups is 1. The zero-order chi connectivity index (χ0) is 13.1. The minimum absolute atomic E-state index is 0.0838. The average Bonchev–Trinajstić information content (AvgIpc) is 2.29. The van der Waals surface area contributed by atoms with Crippen LogP contribution in [0.3, 0.4) is 0 Å². The highest BCUT2D eigenvalue weighted by atomic mass is 16.6. The zero-order valence-corrected chi connectivity index (χ0v) is 10.7. The molecular weight excluding hydrogens is 232 g/mol. The van der Waals surface area contributed by atoms with Gasteiger partial charge in [-0.1, -0.05) is 6.92 Å². The molecular formula is C13H18N2O3. The van der Waals surface area contributed by atoms with Crippen LogP contribution in [0.25, 0.3) is 0 Å². The van der Waals surface area contributed by atoms with E-state index in [1.807, 2.05) is 6.92 Å². The van der Waals surface area contributed by atoms with Crippen molar-refractivity contribution in [3.05, 3.63) is 28.3 Å². The predicted molar refractivity (Wildman–Crippen MR) is 70.1 cm³/mol. The van der Waals surface area contributed by atoms with Crippen LogP contribution in [0.4, 0.5) is 11.4 Å². The first kappa shape index (κ1) is 12.7. The number of hydrogen-bond donors (Lipinski definition) is 1. The van der Waals surface area contributed by atoms with Crippen molar-refractivity contribution in [3.63, 3.8) is 0 Å². The molecule has 0 saturated heterocycles. The highest BCUT2D eigenvalue weighted by Gasteiger charge is 2.27. The number of ether oxygens (including phenoxy) is 1. The van der Waals surface area contributed by atoms with Crippen LogP contribution in [0, 0.1) is 16.0 Å². The molecule has 0 spiro atoms. The van der Waals surface area contributed by atoms with Crippen molar-refractivity contribution in [2.45, 2.75) is 32.7 Å². The summed E-state index contributed by atoms with van der Waals surface area (Å²) in [6.07, 6.45) is 2.15. The monoisotopic (exact) mass is 250 g/mol. The lowest BCUT2D eigenvalue weighted by molar-refractivity contribution is -0.384. The molecule has 1 saturated carbocycles. The molecule has 1 aliphatic rings. The minimum atomic E-state index is -0.368. The Labute approximate surface area is 106 Å². The van der Waals surface area contributed by atoms with Gasteiger partial charge < -0.3 is 10.1 Å². The molecule has 1 N–H and O–H groups in total. The summed E-state index contributed by atoms with van der Waals surface area (Å²) in [5.41, 5.74) is 0.667. The molecule has 5 nitrogen and oxygen atoms in total. The van der Waals surface area contributed by atoms with Crippen LogP contribution in [0.2, 0.25) is 0 Å². The first-order valence-electron chi connectivity index (χ1n) is 6.28. The molecule has 1 fully saturated rings. The van der Waals surface area contributed by atoms with Crippen molar-refractivity contribution in [1.29, 1.82) is 0 Å². The summed E-state index contributed by atoms with van der Waals surface area (Å²) in [5, 5.41) is 14.3. The number of anilines is 1. The summed E-state index contributed by atoms with van der Waals surface area (Å²) in [5.74, 6) is 1.25. The number of nitrogens with zero attached hydrogens (tertiary/aromatic N) is 1. The average molecular weight is 250 g/mol. The maximum atomic E-state index is 11.0. The molecule has 1 aromatic carbocycles. The van der Waals surface area contributed by atoms with Crippen LogP contribution in [0.15, 0.2) is 18.2 Å². The Morgan fingerprint density at radius 2 is 2.22 bits per heavy atom. The number of benzene rings is 1. The van der Waals surface area contributed by atoms with E-state index in [4.69, 9.17) is 4.74 Å². The SMILES string of the molecule is CCOc1ccc(NC2CC(C)C2)c([N+](=O)[O-])c1. The van der Waals surface area contributed by atoms with Gasteiger partial charge in [0, 0.05) is 6.04 Å². The molecule has 0 unspecified atom stereocenters. The summed E-state index contributed by atoms with van der Waals surface area (Å²) in [6.45, 7) is 4.54. The van der Waals surface area contributed by atoms with E-state index in [-0.39, 0.29) is 10.6 Å². The Morgan fingerprint density at radius 1 is 1.50 bits per heavy atom. The maximum absolute atomic E-state index is 11.0. The van der Waals surface area contributed by atoms with Crippen LogP contribution in [-0.2, 0) is 0 Å². The van der Waals surface area contributed by atoms with Crippen molar-refractivity contribution in [2.75, 3.05) is 11.9 Å². The number of hydrogen-bond acceptors (Lipinski definition) is 4. The second kappa shape index (κ2) is 5.25. The van der Waals surface area contributed by atoms with Crippen LogP contribution < -0.4 is 10.1 Å². The van der Waals surface area contributed by atoms with Gasteiger partial charge in [-0.05, 0) is 37.8 Å². The van der Waals surface area contributed by atoms with Crippen molar-refractivity contribution in [3.8, 4) is 5.75 Å². The van der Waals surface area contributed by atoms with E-state index in [9.17, 15) is 10.1 Å². The van der Waals surface area contributed by atoms with Gasteiger partial charge in [0.1, 0.15) is 11.4 Å². The molecule has 0 heterocycles. The maximum Gasteiger partial charge on any atom is 0.296 e. The van der Waals surface area contributed by atoms with Crippen LogP contribution in [0.5, 0.6) is 5.75 Å². The standard InChI is InChI=1S/C13H18N2O3/c1-3-18-11-4-5-12(13(8-11)15(16)17)14-10-6-9(2)7-10/h4-5,8-10,14H,3,6-7H2,1-2H3. The summed E-state index contributed by atoms with van der Waals surface area (Å²) < 4.78 is 5.28. The summed E-state index contributed by atoms with van der Waals surface area (Å²) in [4.78, 5) is 10.7. The third kappa shape index (κ3) is 2.72. The number of nitrogens with one attached hydrogen (secondary N) is 1. The third-order valence-corrected chi connectivity index (χ3v) is 3.21. The van der Waals surface area contributed by atoms with Crippen molar-refractivity contribution in [1.82, 2.24) is 0 Å². The van der Waals surface area contributed by atoms with Gasteiger partial charge in [-0.2, -0.15) is 0 Å². The van der Waals surface area contributed by atoms with E-state index in [1.54, 1.807) is 12.1 Å². The van der Waals surface area contributed by atoms with Crippen LogP contribution >= 0.6 is 0 Å². The van der Waals surface area contributed by atoms with E-state index in [2.05, 4.69) is 12.2 Å². The molecule has 0 bridgehead atoms. The smallest absolute Gasteiger partial charge is 0.296 e. The summed E-state index contributed by atoms with van der Waals surface area (Å²) in [7, 11) is 0. The van der Waals surface area contributed by atoms with Gasteiger partial charge in [0.15, 0.2) is 0 Å². The molecule has 18 heavy (non-hydrogen) atoms. The number of nitro benzene ring substituents is 1. The predicted octanol–water partition coefficient (Wildman–Crippen LogP) is 3.20. The van der Waals surface area contributed by atoms with Crippen molar-refractivity contribution < 1.29 is 9.66 Å². The summed E-state index contributed by atoms with van der Waals surface area (Å²) in [6, 6.07) is 5.33. The highest BCUT2D eigenvalue weighted by Crippen LogP contribution is 2.34. The van der Waals surface area contributed by atoms with Gasteiger partial charge >= 0.3 is 0 Å². The fourth-order valence-electron chi connectivity index (χ4n) is 2.28. The van der Waals surface area contributed by atoms with Crippen molar-refractivity contribution >= 4 is 11.4 Å². The summed E-state index contributed by atoms with van der Waals surface area (Å²) >= 11 is 0. The molecule has 0 atom stereocenters. The van der Waals surface area contributed by atoms with E-state index in [0.29, 0.717) is 30.0 Å². The van der Waals surface area contributed by atoms with E-state index in [1.165, 1.54) is 6.07 Å². The Hall–Kier alpha value is -1.78. The van der Waals surface area contributed by atoms with Gasteiger partial charge in [0.2, 0.25) is 0 Å². The normalized spacial score (nSPS) is 22.1. The topological polar surface area (TPSA) is 64.4 Å². The fourth-order valence-corrected chi connectivity index (χ4v) is 2.28. The third-order valence-electron chi connectivity index (χ3n) is 3.21. The Kier molecular flexibility index (Phi) is 3.69. The second-order valence-corrected chi connectivity index (χ2v) is 4.79. The van der Waals surface area contributed by atoms with Crippen molar-refractivity contribution in [2.24, 2.45) is 5.92 Å². The first-order valence-corrected chi connectivity index (χ1v) is 6.28. The molecule has 5 heteroatoms. The lowest BCUT2D eigenvalue weighted by Gasteiger charge is -2.33. The van der Waals surface area contributed by atoms with Gasteiger partial charge in [0.05, 0.1) is 17.6 Å². The molecule has 1 aliphatic carbocycles. The Bertz CT molecular complexity index is 442. The first-order chi connectivity index (χ1) is 8.60. The van der Waals surface area contributed by atoms with Gasteiger partial charge in [-0.3, -0.25) is 10.1 Å². The van der Waals surface area contributed by atoms with E-state index >= 15 is 0 Å². The molecule has 0 aliphatic heterocycles. The zero-order valence-electron chi connectivity index (χ0n) is 10.7. The molecule has 98 valence electrons. The highest BCUT2D eigenvalue weighted by molar-refractivity contribution is 5.64. The Balaban J connectivity index is 2.15. The molecule has 0 aromatic heterocycles. The van der Waals surface area contributed by atoms with Gasteiger partial charge in [-0.15, -0.1) is 0 Å². The van der Waals surface area contributed by atoms with Crippen LogP contribution in [0.1, 0.15) is 26.7 Å². The lowest BCUT2D eigenvalue weighted by Crippen LogP contribution is -2.33. The molecule has 0 amide bonds. The Morgan fingerprint density at radius 3 is 2.78 bits per heavy atom. The largest absolute Gasteiger partial charge is 0.494 e. The van der Waals surface area contributed by atoms with Crippen LogP contribution in [-0.4, -0.2) is 17.6 Å². The minimum Gasteiger partial charge on any atom is -0.494 e.